The average Bonchev–Trinajstić information content (AvgIpc) is 2.66. The summed E-state index contributed by atoms with van der Waals surface area (Å²) in [6.45, 7) is 6.28. The highest BCUT2D eigenvalue weighted by atomic mass is 16.5. The second kappa shape index (κ2) is 8.37. The summed E-state index contributed by atoms with van der Waals surface area (Å²) in [7, 11) is 3.57. The number of pyridine rings is 1. The third-order valence-corrected chi connectivity index (χ3v) is 4.41. The van der Waals surface area contributed by atoms with E-state index in [-0.39, 0.29) is 0 Å². The molecule has 0 atom stereocenters. The summed E-state index contributed by atoms with van der Waals surface area (Å²) in [5.74, 6) is 0.853. The summed E-state index contributed by atoms with van der Waals surface area (Å²) < 4.78 is 5.32. The normalized spacial score (nSPS) is 17.6. The molecule has 1 aromatic carbocycles. The Labute approximate surface area is 161 Å². The monoisotopic (exact) mass is 356 g/mol. The van der Waals surface area contributed by atoms with E-state index in [9.17, 15) is 0 Å². The number of methoxy groups -OCH3 is 1. The van der Waals surface area contributed by atoms with E-state index in [0.717, 1.165) is 45.0 Å². The predicted molar refractivity (Wildman–Crippen MR) is 114 cm³/mol. The van der Waals surface area contributed by atoms with E-state index < -0.39 is 0 Å². The molecule has 1 aromatic heterocycles. The van der Waals surface area contributed by atoms with Crippen LogP contribution in [0.15, 0.2) is 78.6 Å². The Morgan fingerprint density at radius 1 is 1.11 bits per heavy atom. The Hall–Kier alpha value is -3.33. The van der Waals surface area contributed by atoms with Crippen molar-refractivity contribution in [1.29, 1.82) is 0 Å². The van der Waals surface area contributed by atoms with Crippen molar-refractivity contribution in [3.05, 3.63) is 101 Å². The first kappa shape index (κ1) is 18.5. The van der Waals surface area contributed by atoms with Crippen LogP contribution in [-0.2, 0) is 0 Å². The van der Waals surface area contributed by atoms with E-state index in [1.165, 1.54) is 0 Å². The maximum absolute atomic E-state index is 5.32. The van der Waals surface area contributed by atoms with Gasteiger partial charge in [-0.3, -0.25) is 4.98 Å². The van der Waals surface area contributed by atoms with Crippen molar-refractivity contribution in [2.75, 3.05) is 14.2 Å². The molecule has 1 heterocycles. The van der Waals surface area contributed by atoms with Crippen LogP contribution in [-0.4, -0.2) is 19.1 Å². The lowest BCUT2D eigenvalue weighted by molar-refractivity contribution is 0.414. The summed E-state index contributed by atoms with van der Waals surface area (Å²) in [5.41, 5.74) is 7.07. The zero-order valence-corrected chi connectivity index (χ0v) is 16.0. The Kier molecular flexibility index (Phi) is 5.72. The molecule has 0 aliphatic heterocycles. The van der Waals surface area contributed by atoms with Crippen LogP contribution in [0.5, 0.6) is 5.75 Å². The molecule has 0 radical (unpaired) electrons. The van der Waals surface area contributed by atoms with Gasteiger partial charge in [-0.25, -0.2) is 0 Å². The molecule has 1 N–H and O–H groups in total. The molecular formula is C24H24N2O. The van der Waals surface area contributed by atoms with Crippen LogP contribution in [0, 0.1) is 6.92 Å². The van der Waals surface area contributed by atoms with Crippen molar-refractivity contribution in [3.63, 3.8) is 0 Å². The number of nitrogens with zero attached hydrogens (tertiary/aromatic N) is 1. The topological polar surface area (TPSA) is 34.1 Å². The molecule has 2 aromatic rings. The molecule has 0 saturated carbocycles. The van der Waals surface area contributed by atoms with Gasteiger partial charge in [0.2, 0.25) is 0 Å². The lowest BCUT2D eigenvalue weighted by atomic mass is 9.93. The molecule has 0 amide bonds. The Morgan fingerprint density at radius 3 is 2.70 bits per heavy atom. The fraction of sp³-hybridized carbons (Fsp3) is 0.125. The van der Waals surface area contributed by atoms with Crippen LogP contribution in [0.25, 0.3) is 17.7 Å². The molecule has 3 nitrogen and oxygen atoms in total. The summed E-state index contributed by atoms with van der Waals surface area (Å²) in [5, 5.41) is 3.13. The third-order valence-electron chi connectivity index (χ3n) is 4.41. The highest BCUT2D eigenvalue weighted by molar-refractivity contribution is 5.84. The highest BCUT2D eigenvalue weighted by Gasteiger charge is 2.11. The Morgan fingerprint density at radius 2 is 1.96 bits per heavy atom. The molecular weight excluding hydrogens is 332 g/mol. The first-order valence-electron chi connectivity index (χ1n) is 8.88. The van der Waals surface area contributed by atoms with E-state index in [1.807, 2.05) is 50.5 Å². The van der Waals surface area contributed by atoms with E-state index in [2.05, 4.69) is 53.3 Å². The molecule has 0 bridgehead atoms. The maximum atomic E-state index is 5.32. The smallest absolute Gasteiger partial charge is 0.119 e. The van der Waals surface area contributed by atoms with Gasteiger partial charge in [-0.15, -0.1) is 0 Å². The molecule has 27 heavy (non-hydrogen) atoms. The first-order chi connectivity index (χ1) is 13.1. The number of hydrogen-bond donors (Lipinski definition) is 1. The summed E-state index contributed by atoms with van der Waals surface area (Å²) in [6.07, 6.45) is 12.4. The number of fused-ring (bicyclic) bond motifs is 1. The minimum atomic E-state index is 0.853. The molecule has 0 fully saturated rings. The second-order valence-corrected chi connectivity index (χ2v) is 6.30. The van der Waals surface area contributed by atoms with Crippen LogP contribution in [0.2, 0.25) is 0 Å². The molecule has 0 spiro atoms. The van der Waals surface area contributed by atoms with Crippen molar-refractivity contribution in [1.82, 2.24) is 10.3 Å². The van der Waals surface area contributed by atoms with Gasteiger partial charge in [-0.2, -0.15) is 0 Å². The van der Waals surface area contributed by atoms with E-state index in [4.69, 9.17) is 4.74 Å². The zero-order chi connectivity index (χ0) is 19.2. The standard InChI is InChI=1S/C24H24N2O/c1-17-7-5-10-24(26-17)18(2)23(16-25-3)20-8-6-9-21-15-22(27-4)14-13-19(21)11-12-20/h5-16,25H,2H2,1,3-4H3/b8-6?,9-6+,12-11-,19-11?,20-8-,20-12?,21-9?,23-16+. The number of hydrogen-bond acceptors (Lipinski definition) is 3. The number of aryl methyl sites for hydroxylation is 1. The van der Waals surface area contributed by atoms with Crippen molar-refractivity contribution in [3.8, 4) is 5.75 Å². The second-order valence-electron chi connectivity index (χ2n) is 6.30. The van der Waals surface area contributed by atoms with Gasteiger partial charge < -0.3 is 10.1 Å². The summed E-state index contributed by atoms with van der Waals surface area (Å²) in [6, 6.07) is 12.1. The van der Waals surface area contributed by atoms with Crippen molar-refractivity contribution < 1.29 is 4.74 Å². The van der Waals surface area contributed by atoms with Crippen molar-refractivity contribution in [2.24, 2.45) is 0 Å². The number of benzene rings is 1. The van der Waals surface area contributed by atoms with Gasteiger partial charge in [0.05, 0.1) is 12.8 Å². The van der Waals surface area contributed by atoms with Crippen molar-refractivity contribution >= 4 is 17.7 Å². The minimum Gasteiger partial charge on any atom is -0.497 e. The largest absolute Gasteiger partial charge is 0.497 e. The molecule has 0 unspecified atom stereocenters. The third kappa shape index (κ3) is 4.26. The van der Waals surface area contributed by atoms with Gasteiger partial charge in [0.15, 0.2) is 0 Å². The SMILES string of the molecule is C=C(C(=C\NC)/C1=C\C=C\c2cc(OC)ccc2/C=C\1)c1cccc(C)n1. The Bertz CT molecular complexity index is 978. The lowest BCUT2D eigenvalue weighted by Gasteiger charge is -2.14. The number of ether oxygens (including phenoxy) is 1. The fourth-order valence-corrected chi connectivity index (χ4v) is 2.98. The van der Waals surface area contributed by atoms with Crippen LogP contribution in [0.4, 0.5) is 0 Å². The van der Waals surface area contributed by atoms with E-state index in [0.29, 0.717) is 0 Å². The van der Waals surface area contributed by atoms with Gasteiger partial charge in [-0.05, 0) is 47.9 Å². The molecule has 3 heteroatoms. The fourth-order valence-electron chi connectivity index (χ4n) is 2.98. The van der Waals surface area contributed by atoms with E-state index >= 15 is 0 Å². The lowest BCUT2D eigenvalue weighted by Crippen LogP contribution is -2.02. The Balaban J connectivity index is 1.98. The number of aromatic nitrogens is 1. The van der Waals surface area contributed by atoms with Crippen LogP contribution in [0.1, 0.15) is 22.5 Å². The molecule has 1 aliphatic rings. The van der Waals surface area contributed by atoms with Gasteiger partial charge in [-0.1, -0.05) is 49.1 Å². The first-order valence-corrected chi connectivity index (χ1v) is 8.88. The van der Waals surface area contributed by atoms with Gasteiger partial charge in [0.1, 0.15) is 5.75 Å². The zero-order valence-electron chi connectivity index (χ0n) is 16.0. The minimum absolute atomic E-state index is 0.853. The molecule has 3 rings (SSSR count). The van der Waals surface area contributed by atoms with Gasteiger partial charge >= 0.3 is 0 Å². The summed E-state index contributed by atoms with van der Waals surface area (Å²) in [4.78, 5) is 4.62. The van der Waals surface area contributed by atoms with Crippen LogP contribution < -0.4 is 10.1 Å². The number of nitrogens with one attached hydrogen (secondary N) is 1. The maximum Gasteiger partial charge on any atom is 0.119 e. The van der Waals surface area contributed by atoms with Crippen LogP contribution >= 0.6 is 0 Å². The molecule has 0 saturated heterocycles. The number of rotatable bonds is 5. The average molecular weight is 356 g/mol. The highest BCUT2D eigenvalue weighted by Crippen LogP contribution is 2.29. The number of allylic oxidation sites excluding steroid dienone is 6. The van der Waals surface area contributed by atoms with Gasteiger partial charge in [0, 0.05) is 30.1 Å². The van der Waals surface area contributed by atoms with E-state index in [1.54, 1.807) is 7.11 Å². The summed E-state index contributed by atoms with van der Waals surface area (Å²) >= 11 is 0. The van der Waals surface area contributed by atoms with Gasteiger partial charge in [0.25, 0.3) is 0 Å². The molecule has 1 aliphatic carbocycles. The molecule has 136 valence electrons. The van der Waals surface area contributed by atoms with Crippen molar-refractivity contribution in [2.45, 2.75) is 6.92 Å². The predicted octanol–water partition coefficient (Wildman–Crippen LogP) is 5.18. The quantitative estimate of drug-likeness (QED) is 0.750. The van der Waals surface area contributed by atoms with Crippen LogP contribution in [0.3, 0.4) is 0 Å².